The van der Waals surface area contributed by atoms with E-state index >= 15 is 0 Å². The average molecular weight is 347 g/mol. The number of carbonyl (C=O) groups excluding carboxylic acids is 1. The summed E-state index contributed by atoms with van der Waals surface area (Å²) in [5, 5.41) is 12.8. The summed E-state index contributed by atoms with van der Waals surface area (Å²) in [6.07, 6.45) is 0.862. The van der Waals surface area contributed by atoms with Crippen molar-refractivity contribution in [1.82, 2.24) is 4.90 Å². The fourth-order valence-corrected chi connectivity index (χ4v) is 4.09. The van der Waals surface area contributed by atoms with Gasteiger partial charge in [-0.3, -0.25) is 9.69 Å². The Morgan fingerprint density at radius 3 is 2.78 bits per heavy atom. The topological polar surface area (TPSA) is 56.1 Å². The number of nitrogens with one attached hydrogen (secondary N) is 1. The molecule has 1 aromatic carbocycles. The van der Waals surface area contributed by atoms with Gasteiger partial charge < -0.3 is 17.7 Å². The van der Waals surface area contributed by atoms with Crippen LogP contribution in [0, 0.1) is 11.3 Å². The lowest BCUT2D eigenvalue weighted by molar-refractivity contribution is -0.114. The maximum Gasteiger partial charge on any atom is 0.221 e. The second-order valence-electron chi connectivity index (χ2n) is 5.45. The molecule has 0 fully saturated rings. The molecule has 3 rings (SSSR count). The molecule has 2 heterocycles. The number of halogens is 1. The van der Waals surface area contributed by atoms with Gasteiger partial charge in [0.05, 0.1) is 5.56 Å². The maximum atomic E-state index is 11.3. The van der Waals surface area contributed by atoms with E-state index in [-0.39, 0.29) is 18.3 Å². The van der Waals surface area contributed by atoms with Crippen molar-refractivity contribution in [1.29, 1.82) is 5.26 Å². The van der Waals surface area contributed by atoms with E-state index in [2.05, 4.69) is 40.6 Å². The van der Waals surface area contributed by atoms with Gasteiger partial charge in [-0.2, -0.15) is 5.26 Å². The molecule has 0 unspecified atom stereocenters. The van der Waals surface area contributed by atoms with E-state index < -0.39 is 0 Å². The molecule has 0 bridgehead atoms. The number of benzene rings is 1. The number of nitriles is 1. The number of hydrogen-bond acceptors (Lipinski definition) is 4. The highest BCUT2D eigenvalue weighted by molar-refractivity contribution is 7.16. The molecule has 6 heteroatoms. The normalized spacial score (nSPS) is 13.6. The molecule has 0 saturated heterocycles. The van der Waals surface area contributed by atoms with E-state index in [9.17, 15) is 10.1 Å². The summed E-state index contributed by atoms with van der Waals surface area (Å²) in [7, 11) is 0. The van der Waals surface area contributed by atoms with Gasteiger partial charge in [0.15, 0.2) is 0 Å². The zero-order valence-corrected chi connectivity index (χ0v) is 14.4. The molecule has 0 radical (unpaired) electrons. The van der Waals surface area contributed by atoms with E-state index in [1.165, 1.54) is 28.7 Å². The fourth-order valence-electron chi connectivity index (χ4n) is 2.80. The molecule has 0 atom stereocenters. The lowest BCUT2D eigenvalue weighted by Gasteiger charge is -2.26. The monoisotopic (exact) mass is 346 g/mol. The van der Waals surface area contributed by atoms with Crippen molar-refractivity contribution in [2.45, 2.75) is 26.4 Å². The SMILES string of the molecule is CC(=O)Nc1sc2c(c1C#N)CCN(Cc1ccccc1)C2.[Cl-]. The first-order valence-corrected chi connectivity index (χ1v) is 8.07. The molecule has 120 valence electrons. The molecule has 1 N–H and O–H groups in total. The van der Waals surface area contributed by atoms with Gasteiger partial charge in [-0.15, -0.1) is 11.3 Å². The highest BCUT2D eigenvalue weighted by Crippen LogP contribution is 2.36. The van der Waals surface area contributed by atoms with Gasteiger partial charge in [0, 0.05) is 31.4 Å². The van der Waals surface area contributed by atoms with E-state index in [0.717, 1.165) is 31.6 Å². The van der Waals surface area contributed by atoms with Crippen LogP contribution in [0.3, 0.4) is 0 Å². The van der Waals surface area contributed by atoms with Crippen molar-refractivity contribution in [3.63, 3.8) is 0 Å². The van der Waals surface area contributed by atoms with Crippen molar-refractivity contribution in [3.8, 4) is 6.07 Å². The Bertz CT molecular complexity index is 736. The highest BCUT2D eigenvalue weighted by atomic mass is 35.5. The quantitative estimate of drug-likeness (QED) is 0.860. The minimum atomic E-state index is -0.128. The molecule has 0 saturated carbocycles. The van der Waals surface area contributed by atoms with Crippen LogP contribution in [0.1, 0.15) is 28.5 Å². The van der Waals surface area contributed by atoms with Gasteiger partial charge in [-0.1, -0.05) is 30.3 Å². The molecule has 0 spiro atoms. The van der Waals surface area contributed by atoms with Crippen LogP contribution in [-0.2, 0) is 24.3 Å². The molecule has 1 amide bonds. The standard InChI is InChI=1S/C17H17N3OS.ClH/c1-12(21)19-17-15(9-18)14-7-8-20(11-16(14)22-17)10-13-5-3-2-4-6-13;/h2-6H,7-8,10-11H2,1H3,(H,19,21);1H/p-1. The van der Waals surface area contributed by atoms with Crippen molar-refractivity contribution in [2.75, 3.05) is 11.9 Å². The number of fused-ring (bicyclic) bond motifs is 1. The summed E-state index contributed by atoms with van der Waals surface area (Å²) in [4.78, 5) is 14.9. The fraction of sp³-hybridized carbons (Fsp3) is 0.294. The van der Waals surface area contributed by atoms with Crippen LogP contribution in [0.4, 0.5) is 5.00 Å². The average Bonchev–Trinajstić information content (AvgIpc) is 2.83. The smallest absolute Gasteiger partial charge is 0.221 e. The summed E-state index contributed by atoms with van der Waals surface area (Å²) in [6, 6.07) is 12.6. The molecule has 4 nitrogen and oxygen atoms in total. The first kappa shape index (κ1) is 17.5. The molecule has 1 aliphatic heterocycles. The van der Waals surface area contributed by atoms with Crippen LogP contribution in [0.2, 0.25) is 0 Å². The van der Waals surface area contributed by atoms with Gasteiger partial charge in [0.1, 0.15) is 11.1 Å². The molecule has 2 aromatic rings. The number of amides is 1. The predicted molar refractivity (Wildman–Crippen MR) is 87.6 cm³/mol. The van der Waals surface area contributed by atoms with Crippen LogP contribution < -0.4 is 17.7 Å². The van der Waals surface area contributed by atoms with Crippen LogP contribution in [0.25, 0.3) is 0 Å². The number of rotatable bonds is 3. The molecule has 1 aliphatic rings. The van der Waals surface area contributed by atoms with Crippen LogP contribution >= 0.6 is 11.3 Å². The number of anilines is 1. The zero-order chi connectivity index (χ0) is 15.5. The van der Waals surface area contributed by atoms with Crippen molar-refractivity contribution in [2.24, 2.45) is 0 Å². The van der Waals surface area contributed by atoms with E-state index in [0.29, 0.717) is 10.6 Å². The van der Waals surface area contributed by atoms with E-state index in [4.69, 9.17) is 0 Å². The van der Waals surface area contributed by atoms with Crippen LogP contribution in [-0.4, -0.2) is 17.4 Å². The lowest BCUT2D eigenvalue weighted by atomic mass is 10.0. The predicted octanol–water partition coefficient (Wildman–Crippen LogP) is 0.140. The summed E-state index contributed by atoms with van der Waals surface area (Å²) in [5.41, 5.74) is 3.06. The van der Waals surface area contributed by atoms with Crippen molar-refractivity contribution in [3.05, 3.63) is 51.9 Å². The van der Waals surface area contributed by atoms with Gasteiger partial charge in [-0.25, -0.2) is 0 Å². The Hall–Kier alpha value is -1.87. The number of hydrogen-bond donors (Lipinski definition) is 1. The zero-order valence-electron chi connectivity index (χ0n) is 12.8. The van der Waals surface area contributed by atoms with Gasteiger partial charge >= 0.3 is 0 Å². The molecule has 1 aromatic heterocycles. The molecule has 0 aliphatic carbocycles. The van der Waals surface area contributed by atoms with Crippen LogP contribution in [0.15, 0.2) is 30.3 Å². The van der Waals surface area contributed by atoms with Crippen molar-refractivity contribution < 1.29 is 17.2 Å². The Labute approximate surface area is 146 Å². The van der Waals surface area contributed by atoms with Gasteiger partial charge in [0.25, 0.3) is 0 Å². The Balaban J connectivity index is 0.00000192. The summed E-state index contributed by atoms with van der Waals surface area (Å²) < 4.78 is 0. The third-order valence-electron chi connectivity index (χ3n) is 3.79. The Morgan fingerprint density at radius 2 is 2.13 bits per heavy atom. The minimum absolute atomic E-state index is 0. The van der Waals surface area contributed by atoms with Crippen LogP contribution in [0.5, 0.6) is 0 Å². The van der Waals surface area contributed by atoms with E-state index in [1.807, 2.05) is 6.07 Å². The minimum Gasteiger partial charge on any atom is -1.00 e. The molecule has 23 heavy (non-hydrogen) atoms. The second-order valence-corrected chi connectivity index (χ2v) is 6.55. The first-order valence-electron chi connectivity index (χ1n) is 7.26. The summed E-state index contributed by atoms with van der Waals surface area (Å²) in [6.45, 7) is 4.16. The lowest BCUT2D eigenvalue weighted by Crippen LogP contribution is -3.00. The Kier molecular flexibility index (Phi) is 5.78. The Morgan fingerprint density at radius 1 is 1.39 bits per heavy atom. The van der Waals surface area contributed by atoms with E-state index in [1.54, 1.807) is 0 Å². The van der Waals surface area contributed by atoms with Gasteiger partial charge in [-0.05, 0) is 17.5 Å². The largest absolute Gasteiger partial charge is 1.00 e. The number of thiophene rings is 1. The first-order chi connectivity index (χ1) is 10.7. The second kappa shape index (κ2) is 7.60. The molecular formula is C17H17ClN3OS-. The number of carbonyl (C=O) groups is 1. The highest BCUT2D eigenvalue weighted by Gasteiger charge is 2.24. The maximum absolute atomic E-state index is 11.3. The molecular weight excluding hydrogens is 330 g/mol. The summed E-state index contributed by atoms with van der Waals surface area (Å²) in [5.74, 6) is -0.128. The van der Waals surface area contributed by atoms with Gasteiger partial charge in [0.2, 0.25) is 5.91 Å². The van der Waals surface area contributed by atoms with Crippen molar-refractivity contribution >= 4 is 22.2 Å². The third-order valence-corrected chi connectivity index (χ3v) is 4.92. The summed E-state index contributed by atoms with van der Waals surface area (Å²) >= 11 is 1.53. The third kappa shape index (κ3) is 3.91. The number of nitrogens with zero attached hydrogens (tertiary/aromatic N) is 2.